The Kier molecular flexibility index (Phi) is 6.61. The molecule has 0 bridgehead atoms. The van der Waals surface area contributed by atoms with E-state index < -0.39 is 11.9 Å². The molecule has 1 fully saturated rings. The van der Waals surface area contributed by atoms with Crippen molar-refractivity contribution in [3.05, 3.63) is 30.1 Å². The number of para-hydroxylation sites is 1. The normalized spacial score (nSPS) is 21.7. The van der Waals surface area contributed by atoms with Gasteiger partial charge in [-0.25, -0.2) is 4.39 Å². The molecule has 4 nitrogen and oxygen atoms in total. The zero-order valence-corrected chi connectivity index (χ0v) is 15.3. The van der Waals surface area contributed by atoms with Crippen LogP contribution in [0, 0.1) is 11.2 Å². The third kappa shape index (κ3) is 6.04. The summed E-state index contributed by atoms with van der Waals surface area (Å²) in [6.45, 7) is 13.7. The molecule has 1 saturated heterocycles. The number of β-amino-alcohol motifs (C(OH)–C–C–N with tert-alkyl or cyclic N) is 1. The minimum absolute atomic E-state index is 0.107. The Morgan fingerprint density at radius 2 is 2.00 bits per heavy atom. The largest absolute Gasteiger partial charge is 0.488 e. The number of nitrogens with zero attached hydrogens (tertiary/aromatic N) is 2. The van der Waals surface area contributed by atoms with E-state index >= 15 is 0 Å². The van der Waals surface area contributed by atoms with Crippen LogP contribution in [-0.4, -0.2) is 66.4 Å². The molecule has 1 aliphatic rings. The molecule has 2 unspecified atom stereocenters. The Hall–Kier alpha value is -1.17. The number of rotatable bonds is 6. The van der Waals surface area contributed by atoms with E-state index in [-0.39, 0.29) is 12.4 Å². The van der Waals surface area contributed by atoms with Gasteiger partial charge in [0.15, 0.2) is 11.6 Å². The van der Waals surface area contributed by atoms with E-state index in [9.17, 15) is 9.50 Å². The number of benzene rings is 1. The number of aliphatic hydroxyl groups excluding tert-OH is 1. The highest BCUT2D eigenvalue weighted by molar-refractivity contribution is 5.23. The van der Waals surface area contributed by atoms with Gasteiger partial charge < -0.3 is 14.7 Å². The number of hydrogen-bond donors (Lipinski definition) is 1. The van der Waals surface area contributed by atoms with Crippen molar-refractivity contribution in [1.29, 1.82) is 0 Å². The standard InChI is InChI=1S/C19H31FN2O2/c1-15-11-21(14-19(2,3)4)9-10-22(15)12-16(23)13-24-18-8-6-5-7-17(18)20/h5-8,15-16,23H,9-14H2,1-4H3. The summed E-state index contributed by atoms with van der Waals surface area (Å²) in [5.74, 6) is -0.201. The molecule has 1 aromatic rings. The first-order valence-electron chi connectivity index (χ1n) is 8.76. The fraction of sp³-hybridized carbons (Fsp3) is 0.684. The Balaban J connectivity index is 1.76. The van der Waals surface area contributed by atoms with Gasteiger partial charge in [-0.2, -0.15) is 0 Å². The van der Waals surface area contributed by atoms with E-state index in [1.807, 2.05) is 0 Å². The number of halogens is 1. The van der Waals surface area contributed by atoms with Crippen LogP contribution in [0.4, 0.5) is 4.39 Å². The molecule has 1 aromatic carbocycles. The van der Waals surface area contributed by atoms with Gasteiger partial charge in [-0.05, 0) is 24.5 Å². The van der Waals surface area contributed by atoms with Crippen molar-refractivity contribution >= 4 is 0 Å². The molecule has 0 spiro atoms. The molecule has 0 amide bonds. The van der Waals surface area contributed by atoms with Crippen LogP contribution >= 0.6 is 0 Å². The topological polar surface area (TPSA) is 35.9 Å². The Morgan fingerprint density at radius 1 is 1.29 bits per heavy atom. The second-order valence-electron chi connectivity index (χ2n) is 8.03. The molecule has 0 saturated carbocycles. The first-order valence-corrected chi connectivity index (χ1v) is 8.76. The summed E-state index contributed by atoms with van der Waals surface area (Å²) in [4.78, 5) is 4.78. The fourth-order valence-electron chi connectivity index (χ4n) is 3.23. The Bertz CT molecular complexity index is 518. The van der Waals surface area contributed by atoms with Gasteiger partial charge in [0, 0.05) is 38.8 Å². The average molecular weight is 338 g/mol. The highest BCUT2D eigenvalue weighted by atomic mass is 19.1. The maximum Gasteiger partial charge on any atom is 0.165 e. The van der Waals surface area contributed by atoms with Crippen LogP contribution < -0.4 is 4.74 Å². The van der Waals surface area contributed by atoms with Gasteiger partial charge >= 0.3 is 0 Å². The second kappa shape index (κ2) is 8.28. The van der Waals surface area contributed by atoms with Crippen molar-refractivity contribution in [2.24, 2.45) is 5.41 Å². The highest BCUT2D eigenvalue weighted by Crippen LogP contribution is 2.19. The molecule has 1 N–H and O–H groups in total. The Morgan fingerprint density at radius 3 is 2.62 bits per heavy atom. The number of ether oxygens (including phenoxy) is 1. The first kappa shape index (κ1) is 19.2. The molecule has 0 aliphatic carbocycles. The summed E-state index contributed by atoms with van der Waals surface area (Å²) in [6, 6.07) is 6.68. The van der Waals surface area contributed by atoms with Crippen molar-refractivity contribution in [2.45, 2.75) is 39.8 Å². The molecule has 2 atom stereocenters. The van der Waals surface area contributed by atoms with Crippen LogP contribution in [0.25, 0.3) is 0 Å². The predicted octanol–water partition coefficient (Wildman–Crippen LogP) is 2.62. The van der Waals surface area contributed by atoms with Gasteiger partial charge in [0.2, 0.25) is 0 Å². The number of hydrogen-bond acceptors (Lipinski definition) is 4. The number of piperazine rings is 1. The third-order valence-electron chi connectivity index (χ3n) is 4.26. The molecular formula is C19H31FN2O2. The summed E-state index contributed by atoms with van der Waals surface area (Å²) in [5, 5.41) is 10.2. The first-order chi connectivity index (χ1) is 11.2. The fourth-order valence-corrected chi connectivity index (χ4v) is 3.23. The van der Waals surface area contributed by atoms with Crippen LogP contribution in [0.1, 0.15) is 27.7 Å². The summed E-state index contributed by atoms with van der Waals surface area (Å²) in [7, 11) is 0. The van der Waals surface area contributed by atoms with Gasteiger partial charge in [-0.15, -0.1) is 0 Å². The van der Waals surface area contributed by atoms with E-state index in [1.54, 1.807) is 18.2 Å². The lowest BCUT2D eigenvalue weighted by molar-refractivity contribution is 0.0136. The molecule has 24 heavy (non-hydrogen) atoms. The zero-order valence-electron chi connectivity index (χ0n) is 15.3. The molecule has 136 valence electrons. The minimum atomic E-state index is -0.624. The second-order valence-corrected chi connectivity index (χ2v) is 8.03. The van der Waals surface area contributed by atoms with E-state index in [4.69, 9.17) is 4.74 Å². The average Bonchev–Trinajstić information content (AvgIpc) is 2.48. The van der Waals surface area contributed by atoms with Crippen molar-refractivity contribution in [2.75, 3.05) is 39.3 Å². The molecule has 0 radical (unpaired) electrons. The summed E-state index contributed by atoms with van der Waals surface area (Å²) in [5.41, 5.74) is 0.301. The Labute approximate surface area is 145 Å². The summed E-state index contributed by atoms with van der Waals surface area (Å²) < 4.78 is 18.9. The van der Waals surface area contributed by atoms with Gasteiger partial charge in [0.1, 0.15) is 12.7 Å². The van der Waals surface area contributed by atoms with Crippen LogP contribution in [0.2, 0.25) is 0 Å². The van der Waals surface area contributed by atoms with Crippen molar-refractivity contribution in [3.63, 3.8) is 0 Å². The van der Waals surface area contributed by atoms with Crippen LogP contribution in [0.3, 0.4) is 0 Å². The van der Waals surface area contributed by atoms with Crippen LogP contribution in [0.15, 0.2) is 24.3 Å². The van der Waals surface area contributed by atoms with Gasteiger partial charge in [-0.3, -0.25) is 4.90 Å². The summed E-state index contributed by atoms with van der Waals surface area (Å²) in [6.07, 6.45) is -0.624. The van der Waals surface area contributed by atoms with Crippen molar-refractivity contribution < 1.29 is 14.2 Å². The van der Waals surface area contributed by atoms with E-state index in [2.05, 4.69) is 37.5 Å². The molecular weight excluding hydrogens is 307 g/mol. The lowest BCUT2D eigenvalue weighted by atomic mass is 9.95. The smallest absolute Gasteiger partial charge is 0.165 e. The highest BCUT2D eigenvalue weighted by Gasteiger charge is 2.27. The minimum Gasteiger partial charge on any atom is -0.488 e. The lowest BCUT2D eigenvalue weighted by Crippen LogP contribution is -2.55. The van der Waals surface area contributed by atoms with Gasteiger partial charge in [0.05, 0.1) is 0 Å². The maximum atomic E-state index is 13.5. The number of aliphatic hydroxyl groups is 1. The molecule has 1 aliphatic heterocycles. The van der Waals surface area contributed by atoms with Crippen LogP contribution in [-0.2, 0) is 0 Å². The molecule has 2 rings (SSSR count). The molecule has 1 heterocycles. The van der Waals surface area contributed by atoms with Crippen molar-refractivity contribution in [1.82, 2.24) is 9.80 Å². The van der Waals surface area contributed by atoms with E-state index in [1.165, 1.54) is 6.07 Å². The quantitative estimate of drug-likeness (QED) is 0.865. The summed E-state index contributed by atoms with van der Waals surface area (Å²) >= 11 is 0. The monoisotopic (exact) mass is 338 g/mol. The van der Waals surface area contributed by atoms with Gasteiger partial charge in [-0.1, -0.05) is 32.9 Å². The predicted molar refractivity (Wildman–Crippen MR) is 94.8 cm³/mol. The van der Waals surface area contributed by atoms with Crippen molar-refractivity contribution in [3.8, 4) is 5.75 Å². The molecule has 0 aromatic heterocycles. The zero-order chi connectivity index (χ0) is 17.7. The van der Waals surface area contributed by atoms with Gasteiger partial charge in [0.25, 0.3) is 0 Å². The van der Waals surface area contributed by atoms with E-state index in [0.717, 1.165) is 26.2 Å². The maximum absolute atomic E-state index is 13.5. The lowest BCUT2D eigenvalue weighted by Gasteiger charge is -2.42. The van der Waals surface area contributed by atoms with Crippen LogP contribution in [0.5, 0.6) is 5.75 Å². The van der Waals surface area contributed by atoms with E-state index in [0.29, 0.717) is 18.0 Å². The SMILES string of the molecule is CC1CN(CC(C)(C)C)CCN1CC(O)COc1ccccc1F. The third-order valence-corrected chi connectivity index (χ3v) is 4.26. The molecule has 5 heteroatoms.